The third kappa shape index (κ3) is 3.34. The molecular formula is C14H19ClO. The van der Waals surface area contributed by atoms with Crippen molar-refractivity contribution in [1.29, 1.82) is 0 Å². The average molecular weight is 239 g/mol. The van der Waals surface area contributed by atoms with Gasteiger partial charge in [0.1, 0.15) is 0 Å². The molecule has 88 valence electrons. The van der Waals surface area contributed by atoms with Crippen molar-refractivity contribution < 1.29 is 4.79 Å². The molecule has 0 heterocycles. The van der Waals surface area contributed by atoms with Gasteiger partial charge in [-0.25, -0.2) is 0 Å². The summed E-state index contributed by atoms with van der Waals surface area (Å²) < 4.78 is 0. The first-order chi connectivity index (χ1) is 7.46. The summed E-state index contributed by atoms with van der Waals surface area (Å²) in [5, 5.41) is 0. The molecule has 1 atom stereocenters. The summed E-state index contributed by atoms with van der Waals surface area (Å²) in [7, 11) is 0. The van der Waals surface area contributed by atoms with Crippen LogP contribution in [-0.2, 0) is 0 Å². The second-order valence-electron chi connectivity index (χ2n) is 5.13. The van der Waals surface area contributed by atoms with E-state index in [1.54, 1.807) is 0 Å². The molecule has 1 nitrogen and oxygen atoms in total. The molecule has 0 aliphatic rings. The van der Waals surface area contributed by atoms with Gasteiger partial charge >= 0.3 is 0 Å². The number of carbonyl (C=O) groups excluding carboxylic acids is 1. The third-order valence-corrected chi connectivity index (χ3v) is 3.04. The van der Waals surface area contributed by atoms with Crippen LogP contribution in [0.5, 0.6) is 0 Å². The minimum atomic E-state index is -0.0399. The zero-order valence-corrected chi connectivity index (χ0v) is 10.9. The van der Waals surface area contributed by atoms with E-state index in [2.05, 4.69) is 20.8 Å². The summed E-state index contributed by atoms with van der Waals surface area (Å²) in [5.41, 5.74) is 0.745. The van der Waals surface area contributed by atoms with Gasteiger partial charge < -0.3 is 0 Å². The van der Waals surface area contributed by atoms with Crippen LogP contribution < -0.4 is 0 Å². The van der Waals surface area contributed by atoms with Gasteiger partial charge in [0.2, 0.25) is 0 Å². The predicted molar refractivity (Wildman–Crippen MR) is 69.1 cm³/mol. The molecule has 0 aliphatic heterocycles. The molecular weight excluding hydrogens is 220 g/mol. The highest BCUT2D eigenvalue weighted by molar-refractivity contribution is 6.18. The first kappa shape index (κ1) is 13.2. The summed E-state index contributed by atoms with van der Waals surface area (Å²) in [6.07, 6.45) is 0.735. The van der Waals surface area contributed by atoms with Crippen molar-refractivity contribution in [1.82, 2.24) is 0 Å². The number of hydrogen-bond donors (Lipinski definition) is 0. The lowest BCUT2D eigenvalue weighted by atomic mass is 9.75. The monoisotopic (exact) mass is 238 g/mol. The minimum Gasteiger partial charge on any atom is -0.294 e. The Labute approximate surface area is 103 Å². The number of rotatable bonds is 4. The molecule has 0 aliphatic carbocycles. The molecule has 2 heteroatoms. The molecule has 0 bridgehead atoms. The molecule has 0 saturated heterocycles. The first-order valence-corrected chi connectivity index (χ1v) is 6.15. The second kappa shape index (κ2) is 5.49. The van der Waals surface area contributed by atoms with E-state index in [-0.39, 0.29) is 17.1 Å². The Morgan fingerprint density at radius 2 is 1.81 bits per heavy atom. The maximum Gasteiger partial charge on any atom is 0.166 e. The van der Waals surface area contributed by atoms with Crippen molar-refractivity contribution in [2.75, 3.05) is 5.88 Å². The lowest BCUT2D eigenvalue weighted by Gasteiger charge is -2.29. The zero-order valence-electron chi connectivity index (χ0n) is 10.2. The van der Waals surface area contributed by atoms with Crippen LogP contribution >= 0.6 is 11.6 Å². The Kier molecular flexibility index (Phi) is 4.55. The normalized spacial score (nSPS) is 13.5. The molecule has 0 spiro atoms. The Balaban J connectivity index is 2.92. The van der Waals surface area contributed by atoms with Gasteiger partial charge in [0, 0.05) is 17.4 Å². The van der Waals surface area contributed by atoms with Gasteiger partial charge in [0.15, 0.2) is 5.78 Å². The lowest BCUT2D eigenvalue weighted by Crippen LogP contribution is -2.29. The number of carbonyl (C=O) groups is 1. The molecule has 16 heavy (non-hydrogen) atoms. The van der Waals surface area contributed by atoms with E-state index >= 15 is 0 Å². The Morgan fingerprint density at radius 1 is 1.25 bits per heavy atom. The van der Waals surface area contributed by atoms with Crippen LogP contribution in [0.25, 0.3) is 0 Å². The van der Waals surface area contributed by atoms with E-state index in [1.165, 1.54) is 0 Å². The van der Waals surface area contributed by atoms with Gasteiger partial charge in [-0.2, -0.15) is 0 Å². The highest BCUT2D eigenvalue weighted by Gasteiger charge is 2.30. The maximum atomic E-state index is 12.3. The summed E-state index contributed by atoms with van der Waals surface area (Å²) >= 11 is 5.78. The molecule has 0 N–H and O–H groups in total. The highest BCUT2D eigenvalue weighted by atomic mass is 35.5. The topological polar surface area (TPSA) is 17.1 Å². The van der Waals surface area contributed by atoms with Crippen molar-refractivity contribution in [2.24, 2.45) is 11.3 Å². The van der Waals surface area contributed by atoms with E-state index in [9.17, 15) is 4.79 Å². The second-order valence-corrected chi connectivity index (χ2v) is 5.50. The predicted octanol–water partition coefficient (Wildman–Crippen LogP) is 4.16. The zero-order chi connectivity index (χ0) is 12.2. The van der Waals surface area contributed by atoms with E-state index in [1.807, 2.05) is 30.3 Å². The average Bonchev–Trinajstić information content (AvgIpc) is 2.25. The van der Waals surface area contributed by atoms with Gasteiger partial charge in [-0.1, -0.05) is 51.1 Å². The van der Waals surface area contributed by atoms with Crippen LogP contribution in [0, 0.1) is 11.3 Å². The Morgan fingerprint density at radius 3 is 2.25 bits per heavy atom. The maximum absolute atomic E-state index is 12.3. The van der Waals surface area contributed by atoms with Crippen molar-refractivity contribution in [3.05, 3.63) is 35.9 Å². The van der Waals surface area contributed by atoms with Gasteiger partial charge in [-0.05, 0) is 11.8 Å². The number of benzene rings is 1. The van der Waals surface area contributed by atoms with Crippen LogP contribution in [0.15, 0.2) is 30.3 Å². The Hall–Kier alpha value is -0.820. The summed E-state index contributed by atoms with van der Waals surface area (Å²) in [6, 6.07) is 9.45. The van der Waals surface area contributed by atoms with Crippen LogP contribution in [-0.4, -0.2) is 11.7 Å². The largest absolute Gasteiger partial charge is 0.294 e. The standard InChI is InChI=1S/C14H19ClO/c1-14(2,3)12(9-10-15)13(16)11-7-5-4-6-8-11/h4-8,12H,9-10H2,1-3H3. The lowest BCUT2D eigenvalue weighted by molar-refractivity contribution is 0.0812. The quantitative estimate of drug-likeness (QED) is 0.569. The number of ketones is 1. The SMILES string of the molecule is CC(C)(C)C(CCCl)C(=O)c1ccccc1. The minimum absolute atomic E-state index is 0.00704. The van der Waals surface area contributed by atoms with Crippen LogP contribution in [0.1, 0.15) is 37.6 Å². The van der Waals surface area contributed by atoms with E-state index in [0.29, 0.717) is 5.88 Å². The van der Waals surface area contributed by atoms with E-state index < -0.39 is 0 Å². The molecule has 0 saturated carbocycles. The highest BCUT2D eigenvalue weighted by Crippen LogP contribution is 2.31. The van der Waals surface area contributed by atoms with Crippen LogP contribution in [0.2, 0.25) is 0 Å². The Bertz CT molecular complexity index is 338. The van der Waals surface area contributed by atoms with Crippen molar-refractivity contribution in [3.8, 4) is 0 Å². The summed E-state index contributed by atoms with van der Waals surface area (Å²) in [5.74, 6) is 0.724. The fourth-order valence-electron chi connectivity index (χ4n) is 1.87. The van der Waals surface area contributed by atoms with E-state index in [0.717, 1.165) is 12.0 Å². The molecule has 1 unspecified atom stereocenters. The van der Waals surface area contributed by atoms with Crippen LogP contribution in [0.4, 0.5) is 0 Å². The molecule has 0 aromatic heterocycles. The number of hydrogen-bond acceptors (Lipinski definition) is 1. The van der Waals surface area contributed by atoms with Gasteiger partial charge in [0.25, 0.3) is 0 Å². The molecule has 0 radical (unpaired) electrons. The number of halogens is 1. The van der Waals surface area contributed by atoms with Crippen molar-refractivity contribution in [3.63, 3.8) is 0 Å². The summed E-state index contributed by atoms with van der Waals surface area (Å²) in [4.78, 5) is 12.3. The van der Waals surface area contributed by atoms with Gasteiger partial charge in [-0.15, -0.1) is 11.6 Å². The fraction of sp³-hybridized carbons (Fsp3) is 0.500. The van der Waals surface area contributed by atoms with Gasteiger partial charge in [-0.3, -0.25) is 4.79 Å². The molecule has 0 amide bonds. The number of alkyl halides is 1. The fourth-order valence-corrected chi connectivity index (χ4v) is 2.09. The van der Waals surface area contributed by atoms with E-state index in [4.69, 9.17) is 11.6 Å². The smallest absolute Gasteiger partial charge is 0.166 e. The first-order valence-electron chi connectivity index (χ1n) is 5.62. The molecule has 1 aromatic carbocycles. The molecule has 1 aromatic rings. The van der Waals surface area contributed by atoms with Gasteiger partial charge in [0.05, 0.1) is 0 Å². The molecule has 1 rings (SSSR count). The summed E-state index contributed by atoms with van der Waals surface area (Å²) in [6.45, 7) is 6.27. The third-order valence-electron chi connectivity index (χ3n) is 2.82. The number of Topliss-reactive ketones (excluding diaryl/α,β-unsaturated/α-hetero) is 1. The molecule has 0 fully saturated rings. The van der Waals surface area contributed by atoms with Crippen LogP contribution in [0.3, 0.4) is 0 Å². The van der Waals surface area contributed by atoms with Crippen molar-refractivity contribution >= 4 is 17.4 Å². The van der Waals surface area contributed by atoms with Crippen molar-refractivity contribution in [2.45, 2.75) is 27.2 Å².